The molecule has 0 radical (unpaired) electrons. The van der Waals surface area contributed by atoms with Crippen LogP contribution in [0.25, 0.3) is 5.69 Å². The smallest absolute Gasteiger partial charge is 0.306 e. The van der Waals surface area contributed by atoms with Crippen molar-refractivity contribution >= 4 is 39.0 Å². The van der Waals surface area contributed by atoms with Crippen molar-refractivity contribution in [3.05, 3.63) is 62.4 Å². The predicted octanol–water partition coefficient (Wildman–Crippen LogP) is 5.28. The Balaban J connectivity index is 1.97. The zero-order valence-electron chi connectivity index (χ0n) is 12.8. The number of halogens is 4. The summed E-state index contributed by atoms with van der Waals surface area (Å²) >= 11 is 4.54. The molecular formula is C16H11BrF3N3OS. The highest BCUT2D eigenvalue weighted by atomic mass is 79.9. The summed E-state index contributed by atoms with van der Waals surface area (Å²) in [6.07, 6.45) is -4.45. The minimum atomic E-state index is -4.45. The van der Waals surface area contributed by atoms with Crippen LogP contribution in [0.4, 0.5) is 19.0 Å². The highest BCUT2D eigenvalue weighted by Gasteiger charge is 2.30. The van der Waals surface area contributed by atoms with Crippen molar-refractivity contribution in [2.45, 2.75) is 13.1 Å². The lowest BCUT2D eigenvalue weighted by Gasteiger charge is -2.11. The highest BCUT2D eigenvalue weighted by molar-refractivity contribution is 9.10. The van der Waals surface area contributed by atoms with Crippen LogP contribution in [-0.4, -0.2) is 15.7 Å². The first-order valence-electron chi connectivity index (χ1n) is 7.04. The number of hydrogen-bond donors (Lipinski definition) is 1. The van der Waals surface area contributed by atoms with E-state index in [-0.39, 0.29) is 11.6 Å². The lowest BCUT2D eigenvalue weighted by molar-refractivity contribution is -0.137. The van der Waals surface area contributed by atoms with Gasteiger partial charge in [-0.3, -0.25) is 4.79 Å². The molecule has 0 saturated carbocycles. The van der Waals surface area contributed by atoms with E-state index in [4.69, 9.17) is 0 Å². The van der Waals surface area contributed by atoms with Gasteiger partial charge in [0.1, 0.15) is 10.7 Å². The quantitative estimate of drug-likeness (QED) is 0.615. The van der Waals surface area contributed by atoms with Crippen molar-refractivity contribution in [2.75, 3.05) is 5.32 Å². The molecule has 0 unspecified atom stereocenters. The van der Waals surface area contributed by atoms with Gasteiger partial charge in [-0.2, -0.15) is 18.3 Å². The van der Waals surface area contributed by atoms with Gasteiger partial charge in [-0.15, -0.1) is 11.3 Å². The van der Waals surface area contributed by atoms with E-state index in [1.807, 2.05) is 0 Å². The number of nitrogens with zero attached hydrogens (tertiary/aromatic N) is 2. The van der Waals surface area contributed by atoms with E-state index in [2.05, 4.69) is 26.3 Å². The molecule has 4 nitrogen and oxygen atoms in total. The summed E-state index contributed by atoms with van der Waals surface area (Å²) in [5, 5.41) is 8.64. The fourth-order valence-corrected chi connectivity index (χ4v) is 3.67. The number of carbonyl (C=O) groups is 1. The SMILES string of the molecule is Cc1cc(NC(=O)c2sccc2Br)n(-c2cccc(C(F)(F)F)c2)n1. The number of alkyl halides is 3. The maximum absolute atomic E-state index is 12.9. The fraction of sp³-hybridized carbons (Fsp3) is 0.125. The molecule has 130 valence electrons. The molecule has 0 atom stereocenters. The molecule has 0 fully saturated rings. The lowest BCUT2D eigenvalue weighted by atomic mass is 10.2. The lowest BCUT2D eigenvalue weighted by Crippen LogP contribution is -2.15. The van der Waals surface area contributed by atoms with E-state index >= 15 is 0 Å². The zero-order valence-corrected chi connectivity index (χ0v) is 15.2. The molecule has 1 N–H and O–H groups in total. The van der Waals surface area contributed by atoms with Crippen molar-refractivity contribution in [1.82, 2.24) is 9.78 Å². The van der Waals surface area contributed by atoms with Gasteiger partial charge in [0.05, 0.1) is 16.9 Å². The number of aryl methyl sites for hydroxylation is 1. The van der Waals surface area contributed by atoms with Crippen molar-refractivity contribution in [3.63, 3.8) is 0 Å². The Morgan fingerprint density at radius 2 is 2.04 bits per heavy atom. The molecular weight excluding hydrogens is 419 g/mol. The molecule has 0 aliphatic rings. The largest absolute Gasteiger partial charge is 0.416 e. The molecule has 2 aromatic heterocycles. The normalized spacial score (nSPS) is 11.6. The summed E-state index contributed by atoms with van der Waals surface area (Å²) in [4.78, 5) is 12.8. The number of carbonyl (C=O) groups excluding carboxylic acids is 1. The first kappa shape index (κ1) is 17.7. The average molecular weight is 430 g/mol. The summed E-state index contributed by atoms with van der Waals surface area (Å²) in [5.41, 5.74) is -0.00198. The van der Waals surface area contributed by atoms with Crippen LogP contribution < -0.4 is 5.32 Å². The number of hydrogen-bond acceptors (Lipinski definition) is 3. The number of aromatic nitrogens is 2. The number of anilines is 1. The Hall–Kier alpha value is -2.13. The van der Waals surface area contributed by atoms with Crippen LogP contribution in [0.2, 0.25) is 0 Å². The third kappa shape index (κ3) is 3.77. The van der Waals surface area contributed by atoms with Gasteiger partial charge in [-0.25, -0.2) is 4.68 Å². The van der Waals surface area contributed by atoms with Crippen LogP contribution in [0, 0.1) is 6.92 Å². The van der Waals surface area contributed by atoms with E-state index in [0.29, 0.717) is 20.9 Å². The number of thiophene rings is 1. The highest BCUT2D eigenvalue weighted by Crippen LogP contribution is 2.31. The van der Waals surface area contributed by atoms with Crippen LogP contribution in [0.15, 0.2) is 46.3 Å². The Kier molecular flexibility index (Phi) is 4.70. The molecule has 1 aromatic carbocycles. The van der Waals surface area contributed by atoms with E-state index < -0.39 is 11.7 Å². The van der Waals surface area contributed by atoms with Gasteiger partial charge in [0.25, 0.3) is 5.91 Å². The monoisotopic (exact) mass is 429 g/mol. The van der Waals surface area contributed by atoms with Gasteiger partial charge in [0, 0.05) is 10.5 Å². The summed E-state index contributed by atoms with van der Waals surface area (Å²) < 4.78 is 40.7. The van der Waals surface area contributed by atoms with Gasteiger partial charge < -0.3 is 5.32 Å². The standard InChI is InChI=1S/C16H11BrF3N3OS/c1-9-7-13(21-15(24)14-12(17)5-6-25-14)23(22-9)11-4-2-3-10(8-11)16(18,19)20/h2-8H,1H3,(H,21,24). The summed E-state index contributed by atoms with van der Waals surface area (Å²) in [7, 11) is 0. The van der Waals surface area contributed by atoms with E-state index in [0.717, 1.165) is 12.1 Å². The first-order chi connectivity index (χ1) is 11.8. The molecule has 1 amide bonds. The number of benzene rings is 1. The second-order valence-corrected chi connectivity index (χ2v) is 6.95. The Morgan fingerprint density at radius 3 is 2.68 bits per heavy atom. The first-order valence-corrected chi connectivity index (χ1v) is 8.71. The van der Waals surface area contributed by atoms with Gasteiger partial charge in [-0.05, 0) is 52.5 Å². The number of rotatable bonds is 3. The minimum Gasteiger partial charge on any atom is -0.306 e. The number of nitrogens with one attached hydrogen (secondary N) is 1. The van der Waals surface area contributed by atoms with Gasteiger partial charge in [0.15, 0.2) is 0 Å². The van der Waals surface area contributed by atoms with Gasteiger partial charge >= 0.3 is 6.18 Å². The van der Waals surface area contributed by atoms with Gasteiger partial charge in [-0.1, -0.05) is 6.07 Å². The fourth-order valence-electron chi connectivity index (χ4n) is 2.23. The molecule has 25 heavy (non-hydrogen) atoms. The molecule has 0 spiro atoms. The van der Waals surface area contributed by atoms with E-state index in [9.17, 15) is 18.0 Å². The summed E-state index contributed by atoms with van der Waals surface area (Å²) in [5.74, 6) is -0.0721. The molecule has 2 heterocycles. The number of amides is 1. The van der Waals surface area contributed by atoms with Crippen molar-refractivity contribution < 1.29 is 18.0 Å². The summed E-state index contributed by atoms with van der Waals surface area (Å²) in [6, 6.07) is 8.12. The molecule has 3 aromatic rings. The van der Waals surface area contributed by atoms with E-state index in [1.54, 1.807) is 24.4 Å². The second kappa shape index (κ2) is 6.64. The third-order valence-electron chi connectivity index (χ3n) is 3.31. The van der Waals surface area contributed by atoms with Gasteiger partial charge in [0.2, 0.25) is 0 Å². The Labute approximate surface area is 153 Å². The predicted molar refractivity (Wildman–Crippen MR) is 93.3 cm³/mol. The maximum atomic E-state index is 12.9. The van der Waals surface area contributed by atoms with Crippen molar-refractivity contribution in [1.29, 1.82) is 0 Å². The summed E-state index contributed by atoms with van der Waals surface area (Å²) in [6.45, 7) is 1.70. The zero-order chi connectivity index (χ0) is 18.2. The Bertz CT molecular complexity index is 933. The second-order valence-electron chi connectivity index (χ2n) is 5.18. The maximum Gasteiger partial charge on any atom is 0.416 e. The molecule has 0 aliphatic heterocycles. The van der Waals surface area contributed by atoms with Crippen LogP contribution in [0.5, 0.6) is 0 Å². The minimum absolute atomic E-state index is 0.212. The van der Waals surface area contributed by atoms with Crippen LogP contribution in [0.3, 0.4) is 0 Å². The topological polar surface area (TPSA) is 46.9 Å². The van der Waals surface area contributed by atoms with Crippen molar-refractivity contribution in [2.24, 2.45) is 0 Å². The molecule has 0 saturated heterocycles. The molecule has 9 heteroatoms. The van der Waals surface area contributed by atoms with Crippen LogP contribution in [0.1, 0.15) is 20.9 Å². The van der Waals surface area contributed by atoms with Crippen molar-refractivity contribution in [3.8, 4) is 5.69 Å². The third-order valence-corrected chi connectivity index (χ3v) is 5.15. The molecule has 0 aliphatic carbocycles. The molecule has 0 bridgehead atoms. The van der Waals surface area contributed by atoms with E-state index in [1.165, 1.54) is 28.2 Å². The Morgan fingerprint density at radius 1 is 1.28 bits per heavy atom. The van der Waals surface area contributed by atoms with Crippen LogP contribution >= 0.6 is 27.3 Å². The average Bonchev–Trinajstić information content (AvgIpc) is 3.12. The van der Waals surface area contributed by atoms with Crippen LogP contribution in [-0.2, 0) is 6.18 Å². The molecule has 3 rings (SSSR count).